The summed E-state index contributed by atoms with van der Waals surface area (Å²) in [6.07, 6.45) is 1.75. The number of pyridine rings is 1. The van der Waals surface area contributed by atoms with E-state index in [0.29, 0.717) is 24.1 Å². The fourth-order valence-electron chi connectivity index (χ4n) is 3.59. The zero-order valence-corrected chi connectivity index (χ0v) is 18.0. The molecule has 0 saturated carbocycles. The average molecular weight is 401 g/mol. The lowest BCUT2D eigenvalue weighted by molar-refractivity contribution is 0.106. The minimum Gasteiger partial charge on any atom is -0.393 e. The van der Waals surface area contributed by atoms with Gasteiger partial charge in [-0.2, -0.15) is 0 Å². The summed E-state index contributed by atoms with van der Waals surface area (Å²) in [5, 5.41) is 10.2. The molecular weight excluding hydrogens is 372 g/mol. The smallest absolute Gasteiger partial charge is 0.205 e. The number of aromatic nitrogens is 1. The lowest BCUT2D eigenvalue weighted by Crippen LogP contribution is -2.15. The van der Waals surface area contributed by atoms with Crippen LogP contribution in [0.25, 0.3) is 11.3 Å². The highest BCUT2D eigenvalue weighted by atomic mass is 16.3. The Kier molecular flexibility index (Phi) is 6.91. The summed E-state index contributed by atoms with van der Waals surface area (Å²) in [5.74, 6) is -0.209. The standard InChI is InChI=1S/C26H28N2O2/c1-5-21(29)15-24-22(11-12-23(28-24)20-9-7-6-8-10-20)25(30)16-27-26-18(3)13-17(2)14-19(26)4/h6-14,16,21,29H,5,15H2,1-4H3/t21-/m1/s1. The van der Waals surface area contributed by atoms with Gasteiger partial charge in [-0.15, -0.1) is 0 Å². The number of carbonyl (C=O) groups excluding carboxylic acids is 1. The molecule has 0 unspecified atom stereocenters. The van der Waals surface area contributed by atoms with Crippen molar-refractivity contribution in [2.24, 2.45) is 4.99 Å². The van der Waals surface area contributed by atoms with Gasteiger partial charge in [-0.1, -0.05) is 55.0 Å². The number of ketones is 1. The lowest BCUT2D eigenvalue weighted by Gasteiger charge is -2.12. The van der Waals surface area contributed by atoms with Crippen LogP contribution in [-0.2, 0) is 6.42 Å². The summed E-state index contributed by atoms with van der Waals surface area (Å²) in [5.41, 5.74) is 6.90. The van der Waals surface area contributed by atoms with Crippen LogP contribution < -0.4 is 0 Å². The predicted molar refractivity (Wildman–Crippen MR) is 123 cm³/mol. The number of hydrogen-bond acceptors (Lipinski definition) is 4. The molecule has 0 aliphatic rings. The molecule has 1 N–H and O–H groups in total. The van der Waals surface area contributed by atoms with E-state index in [4.69, 9.17) is 4.98 Å². The van der Waals surface area contributed by atoms with Gasteiger partial charge < -0.3 is 5.11 Å². The maximum absolute atomic E-state index is 13.0. The van der Waals surface area contributed by atoms with Crippen LogP contribution in [0.3, 0.4) is 0 Å². The number of aliphatic hydroxyl groups is 1. The number of nitrogens with zero attached hydrogens (tertiary/aromatic N) is 2. The topological polar surface area (TPSA) is 62.6 Å². The van der Waals surface area contributed by atoms with E-state index in [1.165, 1.54) is 11.8 Å². The third kappa shape index (κ3) is 5.08. The number of Topliss-reactive ketones (excluding diaryl/α,β-unsaturated/α-hetero) is 1. The zero-order chi connectivity index (χ0) is 21.7. The molecule has 4 heteroatoms. The van der Waals surface area contributed by atoms with Crippen molar-refractivity contribution in [2.75, 3.05) is 0 Å². The SMILES string of the molecule is CC[C@@H](O)Cc1nc(-c2ccccc2)ccc1C(=O)C=Nc1c(C)cc(C)cc1C. The summed E-state index contributed by atoms with van der Waals surface area (Å²) in [6, 6.07) is 17.6. The van der Waals surface area contributed by atoms with Crippen LogP contribution in [0, 0.1) is 20.8 Å². The summed E-state index contributed by atoms with van der Waals surface area (Å²) < 4.78 is 0. The minimum absolute atomic E-state index is 0.209. The van der Waals surface area contributed by atoms with Gasteiger partial charge in [0.2, 0.25) is 5.78 Å². The lowest BCUT2D eigenvalue weighted by atomic mass is 10.0. The summed E-state index contributed by atoms with van der Waals surface area (Å²) in [6.45, 7) is 7.95. The Hall–Kier alpha value is -3.11. The number of aryl methyl sites for hydroxylation is 3. The first kappa shape index (κ1) is 21.6. The van der Waals surface area contributed by atoms with Crippen LogP contribution >= 0.6 is 0 Å². The maximum Gasteiger partial charge on any atom is 0.205 e. The molecule has 0 saturated heterocycles. The highest BCUT2D eigenvalue weighted by Gasteiger charge is 2.16. The number of aliphatic hydroxyl groups excluding tert-OH is 1. The number of aliphatic imine (C=N–C) groups is 1. The fourth-order valence-corrected chi connectivity index (χ4v) is 3.59. The Morgan fingerprint density at radius 3 is 2.37 bits per heavy atom. The molecule has 0 spiro atoms. The van der Waals surface area contributed by atoms with Gasteiger partial charge in [0.25, 0.3) is 0 Å². The molecule has 30 heavy (non-hydrogen) atoms. The van der Waals surface area contributed by atoms with Gasteiger partial charge in [0.15, 0.2) is 0 Å². The van der Waals surface area contributed by atoms with Gasteiger partial charge in [-0.3, -0.25) is 14.8 Å². The maximum atomic E-state index is 13.0. The molecule has 0 aliphatic carbocycles. The van der Waals surface area contributed by atoms with E-state index in [9.17, 15) is 9.90 Å². The summed E-state index contributed by atoms with van der Waals surface area (Å²) in [7, 11) is 0. The van der Waals surface area contributed by atoms with Crippen molar-refractivity contribution in [2.45, 2.75) is 46.6 Å². The number of benzene rings is 2. The van der Waals surface area contributed by atoms with Gasteiger partial charge in [0, 0.05) is 17.5 Å². The highest BCUT2D eigenvalue weighted by Crippen LogP contribution is 2.25. The third-order valence-corrected chi connectivity index (χ3v) is 5.16. The Bertz CT molecular complexity index is 1050. The van der Waals surface area contributed by atoms with Crippen molar-refractivity contribution < 1.29 is 9.90 Å². The number of carbonyl (C=O) groups is 1. The minimum atomic E-state index is -0.548. The van der Waals surface area contributed by atoms with Crippen LogP contribution in [-0.4, -0.2) is 28.2 Å². The van der Waals surface area contributed by atoms with Gasteiger partial charge in [0.05, 0.1) is 29.4 Å². The van der Waals surface area contributed by atoms with Crippen molar-refractivity contribution >= 4 is 17.7 Å². The van der Waals surface area contributed by atoms with Crippen molar-refractivity contribution in [3.05, 3.63) is 82.5 Å². The van der Waals surface area contributed by atoms with Gasteiger partial charge >= 0.3 is 0 Å². The van der Waals surface area contributed by atoms with E-state index in [-0.39, 0.29) is 5.78 Å². The van der Waals surface area contributed by atoms with Crippen molar-refractivity contribution in [3.8, 4) is 11.3 Å². The molecule has 1 atom stereocenters. The summed E-state index contributed by atoms with van der Waals surface area (Å²) >= 11 is 0. The molecular formula is C26H28N2O2. The molecule has 0 radical (unpaired) electrons. The van der Waals surface area contributed by atoms with Gasteiger partial charge in [-0.25, -0.2) is 0 Å². The Morgan fingerprint density at radius 1 is 1.07 bits per heavy atom. The van der Waals surface area contributed by atoms with Gasteiger partial charge in [0.1, 0.15) is 0 Å². The van der Waals surface area contributed by atoms with E-state index in [1.807, 2.05) is 64.1 Å². The van der Waals surface area contributed by atoms with Crippen LogP contribution in [0.4, 0.5) is 5.69 Å². The zero-order valence-electron chi connectivity index (χ0n) is 18.0. The molecule has 1 aromatic heterocycles. The first-order valence-electron chi connectivity index (χ1n) is 10.3. The second kappa shape index (κ2) is 9.59. The van der Waals surface area contributed by atoms with Crippen molar-refractivity contribution in [3.63, 3.8) is 0 Å². The molecule has 0 aliphatic heterocycles. The second-order valence-corrected chi connectivity index (χ2v) is 7.69. The van der Waals surface area contributed by atoms with E-state index in [0.717, 1.165) is 28.1 Å². The Morgan fingerprint density at radius 2 is 1.73 bits per heavy atom. The van der Waals surface area contributed by atoms with E-state index < -0.39 is 6.10 Å². The average Bonchev–Trinajstić information content (AvgIpc) is 2.73. The normalized spacial score (nSPS) is 12.3. The molecule has 1 heterocycles. The first-order chi connectivity index (χ1) is 14.4. The van der Waals surface area contributed by atoms with E-state index in [2.05, 4.69) is 17.1 Å². The van der Waals surface area contributed by atoms with Crippen molar-refractivity contribution in [1.29, 1.82) is 0 Å². The molecule has 4 nitrogen and oxygen atoms in total. The van der Waals surface area contributed by atoms with Crippen LogP contribution in [0.15, 0.2) is 59.6 Å². The van der Waals surface area contributed by atoms with Gasteiger partial charge in [-0.05, 0) is 50.5 Å². The van der Waals surface area contributed by atoms with E-state index in [1.54, 1.807) is 6.07 Å². The quantitative estimate of drug-likeness (QED) is 0.416. The Labute approximate surface area is 178 Å². The van der Waals surface area contributed by atoms with Crippen LogP contribution in [0.2, 0.25) is 0 Å². The molecule has 3 rings (SSSR count). The number of rotatable bonds is 7. The molecule has 0 bridgehead atoms. The number of hydrogen-bond donors (Lipinski definition) is 1. The second-order valence-electron chi connectivity index (χ2n) is 7.69. The highest BCUT2D eigenvalue weighted by molar-refractivity contribution is 6.36. The predicted octanol–water partition coefficient (Wildman–Crippen LogP) is 5.57. The monoisotopic (exact) mass is 400 g/mol. The fraction of sp³-hybridized carbons (Fsp3) is 0.269. The molecule has 0 amide bonds. The van der Waals surface area contributed by atoms with E-state index >= 15 is 0 Å². The van der Waals surface area contributed by atoms with Crippen LogP contribution in [0.1, 0.15) is 46.1 Å². The molecule has 154 valence electrons. The van der Waals surface area contributed by atoms with Crippen molar-refractivity contribution in [1.82, 2.24) is 4.98 Å². The third-order valence-electron chi connectivity index (χ3n) is 5.16. The largest absolute Gasteiger partial charge is 0.393 e. The Balaban J connectivity index is 1.96. The summed E-state index contributed by atoms with van der Waals surface area (Å²) in [4.78, 5) is 22.2. The molecule has 3 aromatic rings. The molecule has 2 aromatic carbocycles. The first-order valence-corrected chi connectivity index (χ1v) is 10.3. The van der Waals surface area contributed by atoms with Crippen LogP contribution in [0.5, 0.6) is 0 Å². The molecule has 0 fully saturated rings.